The van der Waals surface area contributed by atoms with Crippen molar-refractivity contribution in [3.8, 4) is 0 Å². The summed E-state index contributed by atoms with van der Waals surface area (Å²) in [5.41, 5.74) is 6.16. The van der Waals surface area contributed by atoms with E-state index < -0.39 is 0 Å². The average molecular weight is 304 g/mol. The lowest BCUT2D eigenvalue weighted by atomic mass is 9.60. The second kappa shape index (κ2) is 5.83. The molecule has 2 aliphatic carbocycles. The molecule has 2 saturated carbocycles. The molecular formula is C16H24N4O2. The third-order valence-electron chi connectivity index (χ3n) is 5.36. The molecule has 1 spiro atoms. The van der Waals surface area contributed by atoms with Gasteiger partial charge in [0, 0.05) is 37.5 Å². The van der Waals surface area contributed by atoms with Crippen molar-refractivity contribution in [2.75, 3.05) is 19.4 Å². The molecule has 2 fully saturated rings. The van der Waals surface area contributed by atoms with Crippen LogP contribution in [0.5, 0.6) is 0 Å². The number of carbonyl (C=O) groups is 1. The fraction of sp³-hybridized carbons (Fsp3) is 0.688. The summed E-state index contributed by atoms with van der Waals surface area (Å²) < 4.78 is 5.91. The Balaban J connectivity index is 1.79. The second-order valence-corrected chi connectivity index (χ2v) is 6.34. The quantitative estimate of drug-likeness (QED) is 0.918. The zero-order valence-electron chi connectivity index (χ0n) is 13.3. The third-order valence-corrected chi connectivity index (χ3v) is 5.36. The summed E-state index contributed by atoms with van der Waals surface area (Å²) >= 11 is 0. The molecule has 2 aliphatic rings. The minimum atomic E-state index is -0.142. The van der Waals surface area contributed by atoms with E-state index in [1.807, 2.05) is 14.0 Å². The number of hydrogen-bond acceptors (Lipinski definition) is 5. The van der Waals surface area contributed by atoms with Gasteiger partial charge in [-0.25, -0.2) is 9.97 Å². The predicted molar refractivity (Wildman–Crippen MR) is 83.3 cm³/mol. The zero-order valence-corrected chi connectivity index (χ0v) is 13.3. The Labute approximate surface area is 131 Å². The Morgan fingerprint density at radius 3 is 2.73 bits per heavy atom. The van der Waals surface area contributed by atoms with E-state index in [9.17, 15) is 4.79 Å². The van der Waals surface area contributed by atoms with Crippen molar-refractivity contribution >= 4 is 11.7 Å². The monoisotopic (exact) mass is 304 g/mol. The van der Waals surface area contributed by atoms with Gasteiger partial charge in [-0.3, -0.25) is 4.79 Å². The molecule has 0 aromatic carbocycles. The van der Waals surface area contributed by atoms with Gasteiger partial charge >= 0.3 is 0 Å². The lowest BCUT2D eigenvalue weighted by Crippen LogP contribution is -2.64. The Kier molecular flexibility index (Phi) is 4.04. The van der Waals surface area contributed by atoms with Gasteiger partial charge in [0.15, 0.2) is 11.5 Å². The Hall–Kier alpha value is -1.69. The fourth-order valence-corrected chi connectivity index (χ4v) is 4.22. The number of nitrogen functional groups attached to an aromatic ring is 1. The van der Waals surface area contributed by atoms with E-state index in [0.29, 0.717) is 0 Å². The van der Waals surface area contributed by atoms with E-state index in [4.69, 9.17) is 10.5 Å². The van der Waals surface area contributed by atoms with E-state index in [1.165, 1.54) is 25.2 Å². The van der Waals surface area contributed by atoms with Gasteiger partial charge in [0.2, 0.25) is 0 Å². The average Bonchev–Trinajstić information content (AvgIpc) is 3.03. The summed E-state index contributed by atoms with van der Waals surface area (Å²) in [5.74, 6) is 0.0531. The molecule has 6 nitrogen and oxygen atoms in total. The van der Waals surface area contributed by atoms with Crippen LogP contribution in [0.3, 0.4) is 0 Å². The number of ether oxygens (including phenoxy) is 1. The standard InChI is InChI=1S/C16H24N4O2/c1-3-22-12-10-11(16(12)6-4-5-7-16)20(2)15(21)13-14(17)19-9-8-18-13/h8-9,11-12H,3-7,10H2,1-2H3,(H2,17,19)/t11-,12-/m0/s1. The van der Waals surface area contributed by atoms with Crippen molar-refractivity contribution in [2.24, 2.45) is 5.41 Å². The third kappa shape index (κ3) is 2.26. The molecule has 22 heavy (non-hydrogen) atoms. The normalized spacial score (nSPS) is 25.9. The molecular weight excluding hydrogens is 280 g/mol. The first kappa shape index (κ1) is 15.2. The SMILES string of the molecule is CCO[C@H]1C[C@H](N(C)C(=O)c2nccnc2N)C12CCCC2. The minimum Gasteiger partial charge on any atom is -0.382 e. The molecule has 3 rings (SSSR count). The number of hydrogen-bond donors (Lipinski definition) is 1. The molecule has 0 radical (unpaired) electrons. The molecule has 2 atom stereocenters. The summed E-state index contributed by atoms with van der Waals surface area (Å²) in [4.78, 5) is 22.6. The maximum atomic E-state index is 12.7. The van der Waals surface area contributed by atoms with Crippen LogP contribution in [0.2, 0.25) is 0 Å². The first-order chi connectivity index (χ1) is 10.6. The van der Waals surface area contributed by atoms with Crippen LogP contribution < -0.4 is 5.73 Å². The number of amides is 1. The maximum Gasteiger partial charge on any atom is 0.276 e. The molecule has 0 saturated heterocycles. The molecule has 1 aromatic heterocycles. The van der Waals surface area contributed by atoms with Gasteiger partial charge in [-0.05, 0) is 26.2 Å². The van der Waals surface area contributed by atoms with E-state index in [0.717, 1.165) is 25.9 Å². The summed E-state index contributed by atoms with van der Waals surface area (Å²) in [6.07, 6.45) is 8.89. The van der Waals surface area contributed by atoms with Gasteiger partial charge in [0.05, 0.1) is 6.10 Å². The maximum absolute atomic E-state index is 12.7. The van der Waals surface area contributed by atoms with Crippen LogP contribution >= 0.6 is 0 Å². The van der Waals surface area contributed by atoms with Crippen LogP contribution in [0.4, 0.5) is 5.82 Å². The first-order valence-corrected chi connectivity index (χ1v) is 8.05. The minimum absolute atomic E-state index is 0.122. The van der Waals surface area contributed by atoms with Gasteiger partial charge in [-0.15, -0.1) is 0 Å². The van der Waals surface area contributed by atoms with Crippen LogP contribution in [-0.4, -0.2) is 46.6 Å². The van der Waals surface area contributed by atoms with Crippen molar-refractivity contribution in [2.45, 2.75) is 51.2 Å². The number of rotatable bonds is 4. The summed E-state index contributed by atoms with van der Waals surface area (Å²) in [6, 6.07) is 0.209. The highest BCUT2D eigenvalue weighted by Crippen LogP contribution is 2.56. The second-order valence-electron chi connectivity index (χ2n) is 6.34. The van der Waals surface area contributed by atoms with Crippen LogP contribution in [0.1, 0.15) is 49.5 Å². The Morgan fingerprint density at radius 1 is 1.41 bits per heavy atom. The lowest BCUT2D eigenvalue weighted by Gasteiger charge is -2.56. The summed E-state index contributed by atoms with van der Waals surface area (Å²) in [5, 5.41) is 0. The number of nitrogens with zero attached hydrogens (tertiary/aromatic N) is 3. The largest absolute Gasteiger partial charge is 0.382 e. The summed E-state index contributed by atoms with van der Waals surface area (Å²) in [6.45, 7) is 2.76. The van der Waals surface area contributed by atoms with E-state index >= 15 is 0 Å². The zero-order chi connectivity index (χ0) is 15.7. The smallest absolute Gasteiger partial charge is 0.276 e. The lowest BCUT2D eigenvalue weighted by molar-refractivity contribution is -0.152. The molecule has 1 amide bonds. The van der Waals surface area contributed by atoms with Gasteiger partial charge in [0.1, 0.15) is 0 Å². The molecule has 1 heterocycles. The first-order valence-electron chi connectivity index (χ1n) is 8.05. The van der Waals surface area contributed by atoms with Crippen LogP contribution in [0.25, 0.3) is 0 Å². The van der Waals surface area contributed by atoms with Crippen molar-refractivity contribution < 1.29 is 9.53 Å². The van der Waals surface area contributed by atoms with Crippen LogP contribution in [0, 0.1) is 5.41 Å². The van der Waals surface area contributed by atoms with Crippen LogP contribution in [0.15, 0.2) is 12.4 Å². The van der Waals surface area contributed by atoms with E-state index in [-0.39, 0.29) is 35.0 Å². The number of anilines is 1. The van der Waals surface area contributed by atoms with Crippen molar-refractivity contribution in [1.29, 1.82) is 0 Å². The molecule has 6 heteroatoms. The van der Waals surface area contributed by atoms with Crippen molar-refractivity contribution in [3.05, 3.63) is 18.1 Å². The highest BCUT2D eigenvalue weighted by atomic mass is 16.5. The Morgan fingerprint density at radius 2 is 2.09 bits per heavy atom. The number of carbonyl (C=O) groups excluding carboxylic acids is 1. The molecule has 2 N–H and O–H groups in total. The Bertz CT molecular complexity index is 557. The van der Waals surface area contributed by atoms with Gasteiger partial charge in [-0.1, -0.05) is 12.8 Å². The van der Waals surface area contributed by atoms with Crippen LogP contribution in [-0.2, 0) is 4.74 Å². The molecule has 0 aliphatic heterocycles. The highest BCUT2D eigenvalue weighted by Gasteiger charge is 2.59. The van der Waals surface area contributed by atoms with Gasteiger partial charge in [-0.2, -0.15) is 0 Å². The molecule has 0 unspecified atom stereocenters. The molecule has 1 aromatic rings. The predicted octanol–water partition coefficient (Wildman–Crippen LogP) is 1.87. The summed E-state index contributed by atoms with van der Waals surface area (Å²) in [7, 11) is 1.85. The van der Waals surface area contributed by atoms with Gasteiger partial charge < -0.3 is 15.4 Å². The molecule has 120 valence electrons. The topological polar surface area (TPSA) is 81.3 Å². The highest BCUT2D eigenvalue weighted by molar-refractivity contribution is 5.96. The van der Waals surface area contributed by atoms with Crippen molar-refractivity contribution in [3.63, 3.8) is 0 Å². The molecule has 0 bridgehead atoms. The van der Waals surface area contributed by atoms with Gasteiger partial charge in [0.25, 0.3) is 5.91 Å². The van der Waals surface area contributed by atoms with E-state index in [1.54, 1.807) is 4.90 Å². The fourth-order valence-electron chi connectivity index (χ4n) is 4.22. The van der Waals surface area contributed by atoms with Crippen molar-refractivity contribution in [1.82, 2.24) is 14.9 Å². The van der Waals surface area contributed by atoms with E-state index in [2.05, 4.69) is 9.97 Å². The number of nitrogens with two attached hydrogens (primary N) is 1. The number of aromatic nitrogens is 2.